The molecule has 90 valence electrons. The lowest BCUT2D eigenvalue weighted by Gasteiger charge is -2.17. The molecule has 0 saturated heterocycles. The highest BCUT2D eigenvalue weighted by Gasteiger charge is 2.07. The lowest BCUT2D eigenvalue weighted by Crippen LogP contribution is -2.21. The maximum Gasteiger partial charge on any atom is 0.0317 e. The summed E-state index contributed by atoms with van der Waals surface area (Å²) >= 11 is 0. The summed E-state index contributed by atoms with van der Waals surface area (Å²) in [5.74, 6) is 0. The molecule has 0 aliphatic rings. The van der Waals surface area contributed by atoms with Crippen molar-refractivity contribution >= 4 is 0 Å². The van der Waals surface area contributed by atoms with Crippen LogP contribution in [0.3, 0.4) is 0 Å². The van der Waals surface area contributed by atoms with Crippen molar-refractivity contribution in [3.63, 3.8) is 0 Å². The zero-order chi connectivity index (χ0) is 11.8. The van der Waals surface area contributed by atoms with Crippen LogP contribution in [0.4, 0.5) is 0 Å². The smallest absolute Gasteiger partial charge is 0.0317 e. The normalized spacial score (nSPS) is 12.7. The van der Waals surface area contributed by atoms with Crippen molar-refractivity contribution in [3.05, 3.63) is 35.4 Å². The average molecular weight is 219 g/mol. The summed E-state index contributed by atoms with van der Waals surface area (Å²) in [6.45, 7) is 7.81. The minimum absolute atomic E-state index is 0.525. The van der Waals surface area contributed by atoms with Gasteiger partial charge in [-0.25, -0.2) is 0 Å². The predicted molar refractivity (Wildman–Crippen MR) is 71.8 cm³/mol. The Morgan fingerprint density at radius 2 is 1.75 bits per heavy atom. The van der Waals surface area contributed by atoms with Gasteiger partial charge in [-0.2, -0.15) is 0 Å². The summed E-state index contributed by atoms with van der Waals surface area (Å²) in [5.41, 5.74) is 2.85. The van der Waals surface area contributed by atoms with Gasteiger partial charge in [-0.05, 0) is 36.9 Å². The summed E-state index contributed by atoms with van der Waals surface area (Å²) in [6.07, 6.45) is 4.82. The van der Waals surface area contributed by atoms with E-state index in [2.05, 4.69) is 50.4 Å². The summed E-state index contributed by atoms with van der Waals surface area (Å²) < 4.78 is 0. The Kier molecular flexibility index (Phi) is 6.17. The van der Waals surface area contributed by atoms with E-state index in [1.807, 2.05) is 0 Å². The van der Waals surface area contributed by atoms with E-state index in [9.17, 15) is 0 Å². The van der Waals surface area contributed by atoms with E-state index in [0.29, 0.717) is 6.04 Å². The number of aryl methyl sites for hydroxylation is 1. The molecule has 1 unspecified atom stereocenters. The Bertz CT molecular complexity index is 276. The molecule has 0 bridgehead atoms. The minimum atomic E-state index is 0.525. The van der Waals surface area contributed by atoms with Crippen LogP contribution in [0.2, 0.25) is 0 Å². The molecular formula is C15H25N. The highest BCUT2D eigenvalue weighted by atomic mass is 14.9. The molecule has 0 saturated carbocycles. The number of hydrogen-bond donors (Lipinski definition) is 1. The lowest BCUT2D eigenvalue weighted by atomic mass is 10.0. The van der Waals surface area contributed by atoms with Crippen molar-refractivity contribution in [1.29, 1.82) is 0 Å². The molecule has 1 aromatic rings. The van der Waals surface area contributed by atoms with Crippen molar-refractivity contribution in [2.75, 3.05) is 6.54 Å². The van der Waals surface area contributed by atoms with Gasteiger partial charge in [-0.1, -0.05) is 51.5 Å². The van der Waals surface area contributed by atoms with Gasteiger partial charge in [0.2, 0.25) is 0 Å². The summed E-state index contributed by atoms with van der Waals surface area (Å²) in [5, 5.41) is 3.62. The standard InChI is InChI=1S/C15H25N/c1-4-7-12-16-15(6-3)14-10-8-13(5-2)9-11-14/h8-11,15-16H,4-7,12H2,1-3H3. The van der Waals surface area contributed by atoms with Crippen LogP contribution in [0.5, 0.6) is 0 Å². The number of unbranched alkanes of at least 4 members (excludes halogenated alkanes) is 1. The lowest BCUT2D eigenvalue weighted by molar-refractivity contribution is 0.508. The Morgan fingerprint density at radius 1 is 1.06 bits per heavy atom. The summed E-state index contributed by atoms with van der Waals surface area (Å²) in [6, 6.07) is 9.56. The fourth-order valence-corrected chi connectivity index (χ4v) is 1.94. The molecule has 1 heteroatoms. The summed E-state index contributed by atoms with van der Waals surface area (Å²) in [4.78, 5) is 0. The zero-order valence-electron chi connectivity index (χ0n) is 10.9. The molecule has 1 nitrogen and oxygen atoms in total. The summed E-state index contributed by atoms with van der Waals surface area (Å²) in [7, 11) is 0. The SMILES string of the molecule is CCCCNC(CC)c1ccc(CC)cc1. The van der Waals surface area contributed by atoms with Gasteiger partial charge >= 0.3 is 0 Å². The second-order valence-corrected chi connectivity index (χ2v) is 4.36. The molecule has 0 aromatic heterocycles. The molecule has 0 aliphatic heterocycles. The molecule has 1 aromatic carbocycles. The minimum Gasteiger partial charge on any atom is -0.310 e. The van der Waals surface area contributed by atoms with Gasteiger partial charge in [0.15, 0.2) is 0 Å². The van der Waals surface area contributed by atoms with E-state index in [1.54, 1.807) is 0 Å². The van der Waals surface area contributed by atoms with Gasteiger partial charge in [0.25, 0.3) is 0 Å². The van der Waals surface area contributed by atoms with Gasteiger partial charge in [-0.3, -0.25) is 0 Å². The maximum absolute atomic E-state index is 3.62. The maximum atomic E-state index is 3.62. The van der Waals surface area contributed by atoms with Crippen LogP contribution in [0.25, 0.3) is 0 Å². The molecular weight excluding hydrogens is 194 g/mol. The third-order valence-electron chi connectivity index (χ3n) is 3.12. The van der Waals surface area contributed by atoms with E-state index in [4.69, 9.17) is 0 Å². The first kappa shape index (κ1) is 13.2. The molecule has 0 heterocycles. The monoisotopic (exact) mass is 219 g/mol. The first-order valence-corrected chi connectivity index (χ1v) is 6.64. The third kappa shape index (κ3) is 3.97. The second-order valence-electron chi connectivity index (χ2n) is 4.36. The first-order chi connectivity index (χ1) is 7.81. The molecule has 1 atom stereocenters. The first-order valence-electron chi connectivity index (χ1n) is 6.64. The second kappa shape index (κ2) is 7.45. The molecule has 0 fully saturated rings. The highest BCUT2D eigenvalue weighted by molar-refractivity contribution is 5.24. The molecule has 1 rings (SSSR count). The van der Waals surface area contributed by atoms with Crippen molar-refractivity contribution in [3.8, 4) is 0 Å². The van der Waals surface area contributed by atoms with Crippen LogP contribution in [0.1, 0.15) is 57.2 Å². The molecule has 0 amide bonds. The van der Waals surface area contributed by atoms with Crippen LogP contribution < -0.4 is 5.32 Å². The van der Waals surface area contributed by atoms with E-state index in [0.717, 1.165) is 19.4 Å². The number of benzene rings is 1. The number of nitrogens with one attached hydrogen (secondary N) is 1. The van der Waals surface area contributed by atoms with Crippen LogP contribution in [0, 0.1) is 0 Å². The third-order valence-corrected chi connectivity index (χ3v) is 3.12. The molecule has 0 radical (unpaired) electrons. The number of hydrogen-bond acceptors (Lipinski definition) is 1. The fourth-order valence-electron chi connectivity index (χ4n) is 1.94. The van der Waals surface area contributed by atoms with E-state index in [1.165, 1.54) is 24.0 Å². The van der Waals surface area contributed by atoms with Crippen LogP contribution >= 0.6 is 0 Å². The van der Waals surface area contributed by atoms with Crippen molar-refractivity contribution in [2.45, 2.75) is 52.5 Å². The Balaban J connectivity index is 2.56. The topological polar surface area (TPSA) is 12.0 Å². The molecule has 1 N–H and O–H groups in total. The molecule has 0 aliphatic carbocycles. The van der Waals surface area contributed by atoms with Crippen LogP contribution in [-0.2, 0) is 6.42 Å². The largest absolute Gasteiger partial charge is 0.310 e. The van der Waals surface area contributed by atoms with Gasteiger partial charge in [-0.15, -0.1) is 0 Å². The average Bonchev–Trinajstić information content (AvgIpc) is 2.35. The van der Waals surface area contributed by atoms with Crippen LogP contribution in [-0.4, -0.2) is 6.54 Å². The van der Waals surface area contributed by atoms with Gasteiger partial charge in [0.1, 0.15) is 0 Å². The van der Waals surface area contributed by atoms with Crippen molar-refractivity contribution < 1.29 is 0 Å². The van der Waals surface area contributed by atoms with E-state index in [-0.39, 0.29) is 0 Å². The van der Waals surface area contributed by atoms with Gasteiger partial charge in [0, 0.05) is 6.04 Å². The highest BCUT2D eigenvalue weighted by Crippen LogP contribution is 2.17. The Labute approximate surface area is 100 Å². The van der Waals surface area contributed by atoms with Crippen LogP contribution in [0.15, 0.2) is 24.3 Å². The Morgan fingerprint density at radius 3 is 2.25 bits per heavy atom. The molecule has 16 heavy (non-hydrogen) atoms. The Hall–Kier alpha value is -0.820. The number of rotatable bonds is 7. The van der Waals surface area contributed by atoms with Gasteiger partial charge < -0.3 is 5.32 Å². The predicted octanol–water partition coefficient (Wildman–Crippen LogP) is 4.09. The molecule has 0 spiro atoms. The van der Waals surface area contributed by atoms with E-state index < -0.39 is 0 Å². The van der Waals surface area contributed by atoms with Gasteiger partial charge in [0.05, 0.1) is 0 Å². The van der Waals surface area contributed by atoms with Crippen molar-refractivity contribution in [1.82, 2.24) is 5.32 Å². The van der Waals surface area contributed by atoms with Crippen molar-refractivity contribution in [2.24, 2.45) is 0 Å². The fraction of sp³-hybridized carbons (Fsp3) is 0.600. The zero-order valence-corrected chi connectivity index (χ0v) is 10.9. The quantitative estimate of drug-likeness (QED) is 0.681. The van der Waals surface area contributed by atoms with E-state index >= 15 is 0 Å².